The van der Waals surface area contributed by atoms with Crippen LogP contribution in [0.15, 0.2) is 40.2 Å². The summed E-state index contributed by atoms with van der Waals surface area (Å²) in [6.45, 7) is 0.352. The highest BCUT2D eigenvalue weighted by Gasteiger charge is 2.20. The van der Waals surface area contributed by atoms with E-state index in [1.54, 1.807) is 13.1 Å². The number of amides is 1. The summed E-state index contributed by atoms with van der Waals surface area (Å²) in [7, 11) is 1.59. The molecule has 2 N–H and O–H groups in total. The van der Waals surface area contributed by atoms with Gasteiger partial charge in [-0.05, 0) is 18.2 Å². The molecule has 5 rings (SSSR count). The second-order valence-electron chi connectivity index (χ2n) is 8.49. The lowest BCUT2D eigenvalue weighted by Gasteiger charge is -2.16. The van der Waals surface area contributed by atoms with Crippen LogP contribution in [0, 0.1) is 17.5 Å². The van der Waals surface area contributed by atoms with E-state index in [0.29, 0.717) is 32.0 Å². The Morgan fingerprint density at radius 2 is 1.77 bits per heavy atom. The molecule has 3 heterocycles. The van der Waals surface area contributed by atoms with Crippen molar-refractivity contribution in [2.45, 2.75) is 20.0 Å². The number of aryl methyl sites for hydroxylation is 1. The molecule has 12 nitrogen and oxygen atoms in total. The number of halogens is 4. The third-order valence-electron chi connectivity index (χ3n) is 5.52. The maximum atomic E-state index is 14.6. The lowest BCUT2D eigenvalue weighted by Crippen LogP contribution is -2.43. The highest BCUT2D eigenvalue weighted by atomic mass is 35.5. The van der Waals surface area contributed by atoms with Crippen LogP contribution in [0.5, 0.6) is 0 Å². The first-order valence-corrected chi connectivity index (χ1v) is 12.5. The van der Waals surface area contributed by atoms with Gasteiger partial charge < -0.3 is 10.6 Å². The predicted octanol–water partition coefficient (Wildman–Crippen LogP) is 3.01. The van der Waals surface area contributed by atoms with Gasteiger partial charge >= 0.3 is 11.4 Å². The topological polar surface area (TPSA) is 142 Å². The number of fused-ring (bicyclic) bond motifs is 1. The van der Waals surface area contributed by atoms with Crippen molar-refractivity contribution in [2.75, 3.05) is 10.6 Å². The number of nitrogens with one attached hydrogen (secondary N) is 2. The van der Waals surface area contributed by atoms with Crippen LogP contribution in [0.1, 0.15) is 18.3 Å². The smallest absolute Gasteiger partial charge is 0.324 e. The van der Waals surface area contributed by atoms with Crippen molar-refractivity contribution in [1.82, 2.24) is 33.9 Å². The van der Waals surface area contributed by atoms with Gasteiger partial charge in [0.2, 0.25) is 11.9 Å². The summed E-state index contributed by atoms with van der Waals surface area (Å²) in [5.74, 6) is -4.38. The molecule has 0 aliphatic rings. The SMILES string of the molecule is CC(=O)Nc1nc2cc(Cl)c(Nc3nc(=O)n(Cc4ncn(C)n4)c(=O)n3Cc3cc(F)c(F)cc3F)cc2s1. The van der Waals surface area contributed by atoms with E-state index in [9.17, 15) is 27.6 Å². The summed E-state index contributed by atoms with van der Waals surface area (Å²) >= 11 is 7.55. The molecular formula is C23H17ClF3N9O3S. The van der Waals surface area contributed by atoms with E-state index in [2.05, 4.69) is 30.7 Å². The predicted molar refractivity (Wildman–Crippen MR) is 140 cm³/mol. The fraction of sp³-hybridized carbons (Fsp3) is 0.174. The van der Waals surface area contributed by atoms with E-state index < -0.39 is 35.4 Å². The van der Waals surface area contributed by atoms with Crippen LogP contribution in [0.4, 0.5) is 29.9 Å². The number of carbonyl (C=O) groups excluding carboxylic acids is 1. The lowest BCUT2D eigenvalue weighted by molar-refractivity contribution is -0.114. The molecule has 0 saturated carbocycles. The molecule has 0 aliphatic carbocycles. The number of carbonyl (C=O) groups is 1. The molecule has 0 bridgehead atoms. The number of thiazole rings is 1. The van der Waals surface area contributed by atoms with Gasteiger partial charge in [0.05, 0.1) is 34.0 Å². The minimum absolute atomic E-state index is 0.119. The van der Waals surface area contributed by atoms with Gasteiger partial charge in [-0.25, -0.2) is 37.3 Å². The molecule has 0 aliphatic heterocycles. The van der Waals surface area contributed by atoms with Gasteiger partial charge in [0.1, 0.15) is 12.1 Å². The molecule has 40 heavy (non-hydrogen) atoms. The molecule has 0 radical (unpaired) electrons. The van der Waals surface area contributed by atoms with Crippen LogP contribution in [0.3, 0.4) is 0 Å². The zero-order valence-electron chi connectivity index (χ0n) is 20.6. The Morgan fingerprint density at radius 3 is 2.48 bits per heavy atom. The Kier molecular flexibility index (Phi) is 7.12. The van der Waals surface area contributed by atoms with Gasteiger partial charge in [-0.15, -0.1) is 0 Å². The van der Waals surface area contributed by atoms with Gasteiger partial charge in [0.15, 0.2) is 22.6 Å². The summed E-state index contributed by atoms with van der Waals surface area (Å²) in [6, 6.07) is 4.01. The molecule has 5 aromatic rings. The van der Waals surface area contributed by atoms with Crippen LogP contribution in [-0.2, 0) is 24.9 Å². The van der Waals surface area contributed by atoms with Crippen molar-refractivity contribution < 1.29 is 18.0 Å². The zero-order chi connectivity index (χ0) is 28.7. The van der Waals surface area contributed by atoms with Crippen molar-refractivity contribution >= 4 is 55.8 Å². The van der Waals surface area contributed by atoms with Crippen molar-refractivity contribution in [3.05, 3.63) is 85.4 Å². The number of rotatable bonds is 7. The zero-order valence-corrected chi connectivity index (χ0v) is 22.1. The number of hydrogen-bond acceptors (Lipinski definition) is 9. The Balaban J connectivity index is 1.61. The minimum atomic E-state index is -1.40. The average molecular weight is 592 g/mol. The normalized spacial score (nSPS) is 11.2. The largest absolute Gasteiger partial charge is 0.355 e. The number of benzene rings is 2. The van der Waals surface area contributed by atoms with Crippen LogP contribution >= 0.6 is 22.9 Å². The summed E-state index contributed by atoms with van der Waals surface area (Å²) < 4.78 is 45.6. The fourth-order valence-corrected chi connectivity index (χ4v) is 4.86. The molecule has 0 fully saturated rings. The maximum absolute atomic E-state index is 14.6. The highest BCUT2D eigenvalue weighted by Crippen LogP contribution is 2.34. The summed E-state index contributed by atoms with van der Waals surface area (Å²) in [5, 5.41) is 9.86. The van der Waals surface area contributed by atoms with Gasteiger partial charge in [-0.3, -0.25) is 14.0 Å². The minimum Gasteiger partial charge on any atom is -0.324 e. The van der Waals surface area contributed by atoms with E-state index in [0.717, 1.165) is 15.9 Å². The standard InChI is InChI=1S/C23H17ClF3N9O3S/c1-10(37)29-21-31-17-4-12(24)16(6-18(17)40-21)30-20-32-22(38)36(8-19-28-9-34(2)33-19)23(39)35(20)7-11-3-14(26)15(27)5-13(11)25/h3-6,9H,7-8H2,1-2H3,(H,29,31,37)(H,30,32,38). The molecule has 17 heteroatoms. The monoisotopic (exact) mass is 591 g/mol. The Hall–Kier alpha value is -4.57. The third kappa shape index (κ3) is 5.43. The maximum Gasteiger partial charge on any atom is 0.355 e. The molecule has 1 amide bonds. The van der Waals surface area contributed by atoms with Gasteiger partial charge in [0, 0.05) is 25.6 Å². The van der Waals surface area contributed by atoms with Crippen molar-refractivity contribution in [3.63, 3.8) is 0 Å². The summed E-state index contributed by atoms with van der Waals surface area (Å²) in [6.07, 6.45) is 1.37. The fourth-order valence-electron chi connectivity index (χ4n) is 3.72. The first-order chi connectivity index (χ1) is 19.0. The second-order valence-corrected chi connectivity index (χ2v) is 9.93. The summed E-state index contributed by atoms with van der Waals surface area (Å²) in [5.41, 5.74) is -1.65. The van der Waals surface area contributed by atoms with E-state index in [-0.39, 0.29) is 40.5 Å². The lowest BCUT2D eigenvalue weighted by atomic mass is 10.2. The van der Waals surface area contributed by atoms with Crippen LogP contribution in [-0.4, -0.2) is 39.8 Å². The molecule has 0 saturated heterocycles. The summed E-state index contributed by atoms with van der Waals surface area (Å²) in [4.78, 5) is 50.0. The number of aromatic nitrogens is 7. The highest BCUT2D eigenvalue weighted by molar-refractivity contribution is 7.22. The van der Waals surface area contributed by atoms with Crippen molar-refractivity contribution in [1.29, 1.82) is 0 Å². The van der Waals surface area contributed by atoms with Crippen LogP contribution in [0.2, 0.25) is 5.02 Å². The Bertz CT molecular complexity index is 1920. The Labute approximate surface area is 230 Å². The molecule has 0 spiro atoms. The molecule has 0 unspecified atom stereocenters. The van der Waals surface area contributed by atoms with Crippen LogP contribution < -0.4 is 22.0 Å². The molecule has 206 valence electrons. The quantitative estimate of drug-likeness (QED) is 0.275. The van der Waals surface area contributed by atoms with E-state index in [4.69, 9.17) is 11.6 Å². The van der Waals surface area contributed by atoms with Crippen LogP contribution in [0.25, 0.3) is 10.2 Å². The molecule has 2 aromatic carbocycles. The third-order valence-corrected chi connectivity index (χ3v) is 6.77. The number of anilines is 3. The first-order valence-electron chi connectivity index (χ1n) is 11.3. The molecular weight excluding hydrogens is 575 g/mol. The van der Waals surface area contributed by atoms with E-state index >= 15 is 0 Å². The number of nitrogens with zero attached hydrogens (tertiary/aromatic N) is 7. The molecule has 0 atom stereocenters. The van der Waals surface area contributed by atoms with Gasteiger partial charge in [-0.2, -0.15) is 10.1 Å². The van der Waals surface area contributed by atoms with Crippen molar-refractivity contribution in [2.24, 2.45) is 7.05 Å². The van der Waals surface area contributed by atoms with Gasteiger partial charge in [0.25, 0.3) is 0 Å². The number of hydrogen-bond donors (Lipinski definition) is 2. The van der Waals surface area contributed by atoms with Gasteiger partial charge in [-0.1, -0.05) is 22.9 Å². The van der Waals surface area contributed by atoms with E-state index in [1.165, 1.54) is 24.0 Å². The first kappa shape index (κ1) is 27.0. The van der Waals surface area contributed by atoms with Crippen molar-refractivity contribution in [3.8, 4) is 0 Å². The Morgan fingerprint density at radius 1 is 1.02 bits per heavy atom. The average Bonchev–Trinajstić information content (AvgIpc) is 3.46. The second kappa shape index (κ2) is 10.5. The van der Waals surface area contributed by atoms with E-state index in [1.807, 2.05) is 0 Å². The molecule has 3 aromatic heterocycles.